The molecule has 0 amide bonds. The average molecular weight is 715 g/mol. The molecule has 1 atom stereocenters. The van der Waals surface area contributed by atoms with Gasteiger partial charge >= 0.3 is 12.4 Å². The molecule has 6 aromatic rings. The third kappa shape index (κ3) is 6.86. The topological polar surface area (TPSA) is 0 Å². The highest BCUT2D eigenvalue weighted by Crippen LogP contribution is 2.44. The Labute approximate surface area is 304 Å². The molecule has 0 radical (unpaired) electrons. The monoisotopic (exact) mass is 714 g/mol. The minimum Gasteiger partial charge on any atom is -0.166 e. The summed E-state index contributed by atoms with van der Waals surface area (Å²) in [6, 6.07) is 27.4. The summed E-state index contributed by atoms with van der Waals surface area (Å²) in [5.74, 6) is -0.177. The molecule has 7 rings (SSSR count). The first kappa shape index (κ1) is 35.8. The number of rotatable bonds is 7. The Balaban J connectivity index is 1.55. The Hall–Kier alpha value is -5.62. The van der Waals surface area contributed by atoms with Crippen molar-refractivity contribution in [2.75, 3.05) is 0 Å². The fourth-order valence-electron chi connectivity index (χ4n) is 7.31. The Morgan fingerprint density at radius 2 is 1.38 bits per heavy atom. The first-order valence-electron chi connectivity index (χ1n) is 17.5. The molecule has 266 valence electrons. The highest BCUT2D eigenvalue weighted by Gasteiger charge is 2.37. The van der Waals surface area contributed by atoms with Gasteiger partial charge in [0.05, 0.1) is 11.1 Å². The van der Waals surface area contributed by atoms with Crippen molar-refractivity contribution in [2.24, 2.45) is 0 Å². The van der Waals surface area contributed by atoms with Crippen molar-refractivity contribution in [3.63, 3.8) is 0 Å². The van der Waals surface area contributed by atoms with Crippen molar-refractivity contribution in [3.8, 4) is 11.1 Å². The van der Waals surface area contributed by atoms with E-state index in [4.69, 9.17) is 0 Å². The molecule has 1 unspecified atom stereocenters. The predicted molar refractivity (Wildman–Crippen MR) is 207 cm³/mol. The summed E-state index contributed by atoms with van der Waals surface area (Å²) in [6.07, 6.45) is 3.60. The number of hydrogen-bond donors (Lipinski definition) is 0. The van der Waals surface area contributed by atoms with Crippen LogP contribution in [0, 0.1) is 13.8 Å². The summed E-state index contributed by atoms with van der Waals surface area (Å²) < 4.78 is 83.8. The van der Waals surface area contributed by atoms with Crippen LogP contribution in [0.15, 0.2) is 127 Å². The van der Waals surface area contributed by atoms with E-state index >= 15 is 0 Å². The van der Waals surface area contributed by atoms with Gasteiger partial charge in [-0.3, -0.25) is 0 Å². The number of benzene rings is 6. The molecule has 0 aliphatic heterocycles. The van der Waals surface area contributed by atoms with Gasteiger partial charge in [0, 0.05) is 5.92 Å². The van der Waals surface area contributed by atoms with E-state index in [1.54, 1.807) is 12.1 Å². The zero-order valence-corrected chi connectivity index (χ0v) is 29.5. The summed E-state index contributed by atoms with van der Waals surface area (Å²) in [5, 5.41) is 3.93. The van der Waals surface area contributed by atoms with Gasteiger partial charge in [-0.2, -0.15) is 26.3 Å². The lowest BCUT2D eigenvalue weighted by molar-refractivity contribution is -0.143. The Kier molecular flexibility index (Phi) is 9.27. The van der Waals surface area contributed by atoms with Crippen LogP contribution in [0.4, 0.5) is 26.3 Å². The Bertz CT molecular complexity index is 2520. The molecule has 0 bridgehead atoms. The van der Waals surface area contributed by atoms with E-state index in [9.17, 15) is 26.3 Å². The Morgan fingerprint density at radius 1 is 0.698 bits per heavy atom. The van der Waals surface area contributed by atoms with Crippen LogP contribution in [-0.4, -0.2) is 0 Å². The fraction of sp³-hybridized carbons (Fsp3) is 0.149. The van der Waals surface area contributed by atoms with Crippen LogP contribution in [-0.2, 0) is 12.4 Å². The number of allylic oxidation sites excluding steroid dienone is 5. The van der Waals surface area contributed by atoms with E-state index in [1.165, 1.54) is 0 Å². The molecule has 0 nitrogen and oxygen atoms in total. The van der Waals surface area contributed by atoms with Crippen molar-refractivity contribution >= 4 is 45.3 Å². The second-order valence-electron chi connectivity index (χ2n) is 13.6. The van der Waals surface area contributed by atoms with Gasteiger partial charge in [0.1, 0.15) is 0 Å². The summed E-state index contributed by atoms with van der Waals surface area (Å²) in [5.41, 5.74) is 5.62. The molecule has 1 aliphatic carbocycles. The summed E-state index contributed by atoms with van der Waals surface area (Å²) in [6.45, 7) is 10.4. The molecular formula is C47H36F6. The molecule has 6 heteroatoms. The maximum Gasteiger partial charge on any atom is 0.416 e. The van der Waals surface area contributed by atoms with Gasteiger partial charge in [0.15, 0.2) is 0 Å². The average Bonchev–Trinajstić information content (AvgIpc) is 3.30. The number of hydrogen-bond acceptors (Lipinski definition) is 0. The third-order valence-electron chi connectivity index (χ3n) is 10.1. The van der Waals surface area contributed by atoms with Crippen molar-refractivity contribution in [2.45, 2.75) is 45.5 Å². The van der Waals surface area contributed by atoms with Crippen LogP contribution < -0.4 is 5.22 Å². The van der Waals surface area contributed by atoms with E-state index < -0.39 is 23.5 Å². The number of halogens is 6. The molecular weight excluding hydrogens is 679 g/mol. The quantitative estimate of drug-likeness (QED) is 0.114. The highest BCUT2D eigenvalue weighted by molar-refractivity contribution is 6.19. The first-order chi connectivity index (χ1) is 25.3. The fourth-order valence-corrected chi connectivity index (χ4v) is 7.31. The minimum atomic E-state index is -4.96. The zero-order chi connectivity index (χ0) is 37.7. The standard InChI is InChI=1S/C47H36F6/c1-5-7-11-32-22-34(14-13-29(32)4)36-23-35-16-15-31-17-18-40(37-24-38(46(48,49)50)27-39(25-37)47(51,52)53)41-19-20-42(45(35)44(31)41)43(26-36)30(6-2)21-33-12-9-8-10-28(33)3/h6-27,36H,2,5H2,1,3-4H3/b11-7-,30-21+. The van der Waals surface area contributed by atoms with Gasteiger partial charge in [-0.05, 0) is 127 Å². The van der Waals surface area contributed by atoms with Crippen molar-refractivity contribution in [1.29, 1.82) is 0 Å². The van der Waals surface area contributed by atoms with Crippen LogP contribution in [0.2, 0.25) is 0 Å². The van der Waals surface area contributed by atoms with Gasteiger partial charge < -0.3 is 0 Å². The highest BCUT2D eigenvalue weighted by atomic mass is 19.4. The van der Waals surface area contributed by atoms with Gasteiger partial charge in [-0.15, -0.1) is 0 Å². The van der Waals surface area contributed by atoms with E-state index in [0.717, 1.165) is 84.5 Å². The molecule has 0 heterocycles. The second kappa shape index (κ2) is 13.7. The van der Waals surface area contributed by atoms with Crippen molar-refractivity contribution in [3.05, 3.63) is 177 Å². The molecule has 6 aromatic carbocycles. The largest absolute Gasteiger partial charge is 0.416 e. The maximum absolute atomic E-state index is 14.0. The first-order valence-corrected chi connectivity index (χ1v) is 17.5. The lowest BCUT2D eigenvalue weighted by Gasteiger charge is -2.19. The normalized spacial score (nSPS) is 15.2. The summed E-state index contributed by atoms with van der Waals surface area (Å²) in [7, 11) is 0. The van der Waals surface area contributed by atoms with E-state index in [0.29, 0.717) is 5.39 Å². The third-order valence-corrected chi connectivity index (χ3v) is 10.1. The van der Waals surface area contributed by atoms with Crippen LogP contribution in [0.3, 0.4) is 0 Å². The molecule has 0 aromatic heterocycles. The molecule has 1 aliphatic rings. The van der Waals surface area contributed by atoms with Crippen molar-refractivity contribution in [1.82, 2.24) is 0 Å². The molecule has 53 heavy (non-hydrogen) atoms. The van der Waals surface area contributed by atoms with Crippen molar-refractivity contribution < 1.29 is 26.3 Å². The van der Waals surface area contributed by atoms with Gasteiger partial charge in [0.25, 0.3) is 0 Å². The smallest absolute Gasteiger partial charge is 0.166 e. The van der Waals surface area contributed by atoms with Gasteiger partial charge in [-0.25, -0.2) is 0 Å². The SMILES string of the molecule is C=C/C(=C\c1ccccc1C)C1=CC(c2ccc(C)c(/C=C\CC)c2)C=c2ccc3ccc(-c4cc(C(F)(F)F)cc(C(F)(F)F)c4)c4ccc1c2c34. The minimum absolute atomic E-state index is 0.153. The molecule has 0 fully saturated rings. The maximum atomic E-state index is 14.0. The van der Waals surface area contributed by atoms with Gasteiger partial charge in [-0.1, -0.05) is 123 Å². The molecule has 0 N–H and O–H groups in total. The van der Waals surface area contributed by atoms with E-state index in [-0.39, 0.29) is 23.1 Å². The van der Waals surface area contributed by atoms with Crippen LogP contribution in [0.1, 0.15) is 63.8 Å². The summed E-state index contributed by atoms with van der Waals surface area (Å²) in [4.78, 5) is 0. The van der Waals surface area contributed by atoms with Crippen LogP contribution >= 0.6 is 0 Å². The predicted octanol–water partition coefficient (Wildman–Crippen LogP) is 13.7. The van der Waals surface area contributed by atoms with Gasteiger partial charge in [0.2, 0.25) is 0 Å². The lowest BCUT2D eigenvalue weighted by Crippen LogP contribution is -2.11. The molecule has 0 saturated carbocycles. The lowest BCUT2D eigenvalue weighted by atomic mass is 9.85. The molecule has 0 saturated heterocycles. The van der Waals surface area contributed by atoms with Crippen LogP contribution in [0.5, 0.6) is 0 Å². The number of alkyl halides is 6. The zero-order valence-electron chi connectivity index (χ0n) is 29.5. The van der Waals surface area contributed by atoms with E-state index in [1.807, 2.05) is 61.5 Å². The Morgan fingerprint density at radius 3 is 2.06 bits per heavy atom. The summed E-state index contributed by atoms with van der Waals surface area (Å²) >= 11 is 0. The molecule has 0 spiro atoms. The number of aryl methyl sites for hydroxylation is 2. The van der Waals surface area contributed by atoms with Crippen LogP contribution in [0.25, 0.3) is 56.5 Å². The second-order valence-corrected chi connectivity index (χ2v) is 13.6. The van der Waals surface area contributed by atoms with E-state index in [2.05, 4.69) is 69.0 Å².